The molecule has 0 radical (unpaired) electrons. The Morgan fingerprint density at radius 2 is 1.81 bits per heavy atom. The van der Waals surface area contributed by atoms with Crippen LogP contribution in [0, 0.1) is 6.92 Å². The summed E-state index contributed by atoms with van der Waals surface area (Å²) < 4.78 is 24.3. The Balaban J connectivity index is 1.75. The van der Waals surface area contributed by atoms with Gasteiger partial charge in [0, 0.05) is 18.5 Å². The predicted octanol–water partition coefficient (Wildman–Crippen LogP) is 2.65. The summed E-state index contributed by atoms with van der Waals surface area (Å²) in [4.78, 5) is 27.6. The predicted molar refractivity (Wildman–Crippen MR) is 117 cm³/mol. The van der Waals surface area contributed by atoms with E-state index in [1.165, 1.54) is 12.3 Å². The molecular formula is C20H19N7O3S. The van der Waals surface area contributed by atoms with Gasteiger partial charge in [0.2, 0.25) is 5.91 Å². The van der Waals surface area contributed by atoms with Crippen molar-refractivity contribution in [1.82, 2.24) is 19.9 Å². The van der Waals surface area contributed by atoms with E-state index in [2.05, 4.69) is 30.6 Å². The number of anilines is 4. The number of fused-ring (bicyclic) bond motifs is 1. The van der Waals surface area contributed by atoms with Gasteiger partial charge in [-0.3, -0.25) is 4.79 Å². The molecule has 0 spiro atoms. The van der Waals surface area contributed by atoms with Crippen LogP contribution in [0.25, 0.3) is 11.2 Å². The first-order valence-corrected chi connectivity index (χ1v) is 11.1. The number of aromatic nitrogens is 4. The first-order chi connectivity index (χ1) is 14.7. The third-order valence-electron chi connectivity index (χ3n) is 4.43. The molecule has 31 heavy (non-hydrogen) atoms. The molecule has 0 aliphatic rings. The Morgan fingerprint density at radius 3 is 2.48 bits per heavy atom. The van der Waals surface area contributed by atoms with Gasteiger partial charge in [-0.1, -0.05) is 12.1 Å². The number of primary amides is 1. The van der Waals surface area contributed by atoms with Gasteiger partial charge in [-0.25, -0.2) is 23.4 Å². The second kappa shape index (κ2) is 7.69. The molecule has 5 N–H and O–H groups in total. The SMILES string of the molecule is Cc1nc2c(Nc3ccccc3S(C)(=O)=O)cc(Nc3ccc(C(N)=O)cn3)nc2[nH]1. The largest absolute Gasteiger partial charge is 0.366 e. The fraction of sp³-hybridized carbons (Fsp3) is 0.100. The lowest BCUT2D eigenvalue weighted by Gasteiger charge is -2.13. The van der Waals surface area contributed by atoms with Gasteiger partial charge in [-0.2, -0.15) is 0 Å². The van der Waals surface area contributed by atoms with Crippen LogP contribution in [0.2, 0.25) is 0 Å². The molecule has 3 aromatic heterocycles. The van der Waals surface area contributed by atoms with Crippen molar-refractivity contribution < 1.29 is 13.2 Å². The second-order valence-corrected chi connectivity index (χ2v) is 8.87. The van der Waals surface area contributed by atoms with E-state index in [1.807, 2.05) is 0 Å². The zero-order valence-corrected chi connectivity index (χ0v) is 17.5. The molecule has 0 aliphatic carbocycles. The molecule has 10 nitrogen and oxygen atoms in total. The van der Waals surface area contributed by atoms with Crippen molar-refractivity contribution in [1.29, 1.82) is 0 Å². The maximum absolute atomic E-state index is 12.2. The molecule has 3 heterocycles. The lowest BCUT2D eigenvalue weighted by molar-refractivity contribution is 0.1000. The summed E-state index contributed by atoms with van der Waals surface area (Å²) in [7, 11) is -3.44. The van der Waals surface area contributed by atoms with Crippen LogP contribution in [-0.4, -0.2) is 40.5 Å². The minimum atomic E-state index is -3.44. The summed E-state index contributed by atoms with van der Waals surface area (Å²) in [5, 5.41) is 6.22. The van der Waals surface area contributed by atoms with Gasteiger partial charge in [0.25, 0.3) is 0 Å². The molecule has 0 saturated heterocycles. The van der Waals surface area contributed by atoms with E-state index in [0.29, 0.717) is 40.0 Å². The number of benzene rings is 1. The number of para-hydroxylation sites is 1. The van der Waals surface area contributed by atoms with Crippen molar-refractivity contribution >= 4 is 49.9 Å². The number of carbonyl (C=O) groups is 1. The Hall–Kier alpha value is -3.99. The van der Waals surface area contributed by atoms with Gasteiger partial charge in [0.05, 0.1) is 21.8 Å². The van der Waals surface area contributed by atoms with Crippen LogP contribution in [0.1, 0.15) is 16.2 Å². The highest BCUT2D eigenvalue weighted by molar-refractivity contribution is 7.90. The van der Waals surface area contributed by atoms with E-state index in [4.69, 9.17) is 5.73 Å². The summed E-state index contributed by atoms with van der Waals surface area (Å²) >= 11 is 0. The first-order valence-electron chi connectivity index (χ1n) is 9.17. The maximum Gasteiger partial charge on any atom is 0.250 e. The Kier molecular flexibility index (Phi) is 5.03. The molecule has 11 heteroatoms. The quantitative estimate of drug-likeness (QED) is 0.359. The number of nitrogens with two attached hydrogens (primary N) is 1. The standard InChI is InChI=1S/C20H19N7O3S/c1-11-23-18-14(25-13-5-3-4-6-15(13)31(2,29)30)9-17(27-20(18)24-11)26-16-8-7-12(10-22-16)19(21)28/h3-10H,1-2H3,(H2,21,28)(H3,22,23,24,25,26,27). The van der Waals surface area contributed by atoms with Crippen LogP contribution >= 0.6 is 0 Å². The van der Waals surface area contributed by atoms with Gasteiger partial charge >= 0.3 is 0 Å². The van der Waals surface area contributed by atoms with Gasteiger partial charge in [0.15, 0.2) is 15.5 Å². The number of H-pyrrole nitrogens is 1. The van der Waals surface area contributed by atoms with Gasteiger partial charge in [-0.15, -0.1) is 0 Å². The number of imidazole rings is 1. The summed E-state index contributed by atoms with van der Waals surface area (Å²) in [6.07, 6.45) is 2.52. The number of hydrogen-bond acceptors (Lipinski definition) is 8. The number of nitrogens with zero attached hydrogens (tertiary/aromatic N) is 3. The molecule has 0 bridgehead atoms. The van der Waals surface area contributed by atoms with Gasteiger partial charge < -0.3 is 21.4 Å². The second-order valence-electron chi connectivity index (χ2n) is 6.89. The molecule has 4 rings (SSSR count). The molecule has 1 amide bonds. The van der Waals surface area contributed by atoms with Gasteiger partial charge in [-0.05, 0) is 31.2 Å². The van der Waals surface area contributed by atoms with E-state index < -0.39 is 15.7 Å². The fourth-order valence-electron chi connectivity index (χ4n) is 3.05. The monoisotopic (exact) mass is 437 g/mol. The van der Waals surface area contributed by atoms with E-state index in [0.717, 1.165) is 6.26 Å². The molecule has 4 aromatic rings. The number of aromatic amines is 1. The summed E-state index contributed by atoms with van der Waals surface area (Å²) in [5.74, 6) is 0.982. The number of aryl methyl sites for hydroxylation is 1. The highest BCUT2D eigenvalue weighted by Gasteiger charge is 2.16. The van der Waals surface area contributed by atoms with E-state index in [-0.39, 0.29) is 10.5 Å². The Labute approximate surface area is 177 Å². The minimum Gasteiger partial charge on any atom is -0.366 e. The molecule has 0 aliphatic heterocycles. The highest BCUT2D eigenvalue weighted by atomic mass is 32.2. The molecule has 0 fully saturated rings. The van der Waals surface area contributed by atoms with Gasteiger partial charge in [0.1, 0.15) is 23.0 Å². The van der Waals surface area contributed by atoms with E-state index in [9.17, 15) is 13.2 Å². The number of hydrogen-bond donors (Lipinski definition) is 4. The molecule has 1 aromatic carbocycles. The van der Waals surface area contributed by atoms with Crippen LogP contribution in [0.3, 0.4) is 0 Å². The number of amides is 1. The van der Waals surface area contributed by atoms with Crippen LogP contribution in [0.4, 0.5) is 23.0 Å². The zero-order chi connectivity index (χ0) is 22.2. The lowest BCUT2D eigenvalue weighted by Crippen LogP contribution is -2.11. The van der Waals surface area contributed by atoms with Crippen molar-refractivity contribution in [3.8, 4) is 0 Å². The van der Waals surface area contributed by atoms with Crippen molar-refractivity contribution in [3.05, 3.63) is 60.0 Å². The maximum atomic E-state index is 12.2. The number of rotatable bonds is 6. The first kappa shape index (κ1) is 20.3. The fourth-order valence-corrected chi connectivity index (χ4v) is 3.89. The molecule has 0 atom stereocenters. The topological polar surface area (TPSA) is 156 Å². The summed E-state index contributed by atoms with van der Waals surface area (Å²) in [5.41, 5.74) is 7.58. The van der Waals surface area contributed by atoms with Crippen LogP contribution in [0.5, 0.6) is 0 Å². The smallest absolute Gasteiger partial charge is 0.250 e. The Morgan fingerprint density at radius 1 is 1.03 bits per heavy atom. The average molecular weight is 437 g/mol. The third-order valence-corrected chi connectivity index (χ3v) is 5.59. The highest BCUT2D eigenvalue weighted by Crippen LogP contribution is 2.30. The molecule has 0 saturated carbocycles. The van der Waals surface area contributed by atoms with E-state index in [1.54, 1.807) is 43.3 Å². The summed E-state index contributed by atoms with van der Waals surface area (Å²) in [6.45, 7) is 1.80. The van der Waals surface area contributed by atoms with Crippen LogP contribution in [-0.2, 0) is 9.84 Å². The molecule has 158 valence electrons. The summed E-state index contributed by atoms with van der Waals surface area (Å²) in [6, 6.07) is 11.5. The number of carbonyl (C=O) groups excluding carboxylic acids is 1. The number of pyridine rings is 2. The van der Waals surface area contributed by atoms with E-state index >= 15 is 0 Å². The number of sulfone groups is 1. The molecular weight excluding hydrogens is 418 g/mol. The minimum absolute atomic E-state index is 0.172. The number of nitrogens with one attached hydrogen (secondary N) is 3. The van der Waals surface area contributed by atoms with Crippen molar-refractivity contribution in [2.75, 3.05) is 16.9 Å². The van der Waals surface area contributed by atoms with Crippen LogP contribution < -0.4 is 16.4 Å². The third kappa shape index (κ3) is 4.31. The van der Waals surface area contributed by atoms with Crippen molar-refractivity contribution in [2.24, 2.45) is 5.73 Å². The van der Waals surface area contributed by atoms with Crippen molar-refractivity contribution in [2.45, 2.75) is 11.8 Å². The lowest BCUT2D eigenvalue weighted by atomic mass is 10.2. The zero-order valence-electron chi connectivity index (χ0n) is 16.7. The average Bonchev–Trinajstić information content (AvgIpc) is 3.08. The normalized spacial score (nSPS) is 11.4. The van der Waals surface area contributed by atoms with Crippen LogP contribution in [0.15, 0.2) is 53.6 Å². The molecule has 0 unspecified atom stereocenters. The van der Waals surface area contributed by atoms with Crippen molar-refractivity contribution in [3.63, 3.8) is 0 Å². The Bertz CT molecular complexity index is 1400.